The Labute approximate surface area is 182 Å². The molecule has 1 aromatic heterocycles. The number of aryl methyl sites for hydroxylation is 1. The predicted molar refractivity (Wildman–Crippen MR) is 123 cm³/mol. The molecule has 1 heterocycles. The molecule has 0 fully saturated rings. The summed E-state index contributed by atoms with van der Waals surface area (Å²) in [6, 6.07) is 32.8. The lowest BCUT2D eigenvalue weighted by Gasteiger charge is -2.26. The SMILES string of the molecule is CSc1sc(C)nc1[P+](c1ccccc1)(c1ccccc1)c1ccccc1.[Cl-]. The van der Waals surface area contributed by atoms with Crippen LogP contribution in [0.3, 0.4) is 0 Å². The highest BCUT2D eigenvalue weighted by molar-refractivity contribution is 8.05. The first-order chi connectivity index (χ1) is 13.3. The zero-order valence-corrected chi connectivity index (χ0v) is 19.0. The minimum absolute atomic E-state index is 0. The van der Waals surface area contributed by atoms with Gasteiger partial charge in [-0.05, 0) is 49.6 Å². The second-order valence-corrected chi connectivity index (χ2v) is 11.8. The van der Waals surface area contributed by atoms with Crippen molar-refractivity contribution in [3.63, 3.8) is 0 Å². The number of halogens is 1. The van der Waals surface area contributed by atoms with E-state index in [4.69, 9.17) is 4.98 Å². The van der Waals surface area contributed by atoms with Gasteiger partial charge in [0.2, 0.25) is 5.44 Å². The zero-order valence-electron chi connectivity index (χ0n) is 15.7. The Bertz CT molecular complexity index is 924. The standard InChI is InChI=1S/C23H21NPS2.ClH/c1-18-24-22(23(26-2)27-18)25(19-12-6-3-7-13-19,20-14-8-4-9-15-20)21-16-10-5-11-17-21;/h3-17H,1-2H3;1H/q+1;/p-1. The highest BCUT2D eigenvalue weighted by atomic mass is 35.5. The lowest BCUT2D eigenvalue weighted by molar-refractivity contribution is -0.00000528. The maximum absolute atomic E-state index is 5.13. The van der Waals surface area contributed by atoms with Crippen LogP contribution in [0.15, 0.2) is 95.2 Å². The topological polar surface area (TPSA) is 12.9 Å². The first kappa shape index (κ1) is 21.1. The summed E-state index contributed by atoms with van der Waals surface area (Å²) in [4.78, 5) is 5.13. The van der Waals surface area contributed by atoms with E-state index in [9.17, 15) is 0 Å². The molecule has 0 aliphatic rings. The van der Waals surface area contributed by atoms with Gasteiger partial charge in [0, 0.05) is 0 Å². The molecular weight excluding hydrogens is 421 g/mol. The molecular formula is C23H21ClNPS2. The molecule has 0 amide bonds. The van der Waals surface area contributed by atoms with Gasteiger partial charge in [-0.3, -0.25) is 0 Å². The second kappa shape index (κ2) is 9.24. The number of aromatic nitrogens is 1. The Kier molecular flexibility index (Phi) is 6.95. The van der Waals surface area contributed by atoms with Crippen molar-refractivity contribution in [2.24, 2.45) is 0 Å². The number of rotatable bonds is 5. The third-order valence-corrected chi connectivity index (χ3v) is 11.2. The van der Waals surface area contributed by atoms with Crippen LogP contribution in [0.4, 0.5) is 0 Å². The van der Waals surface area contributed by atoms with E-state index in [2.05, 4.69) is 104 Å². The molecule has 142 valence electrons. The predicted octanol–water partition coefficient (Wildman–Crippen LogP) is 1.80. The van der Waals surface area contributed by atoms with Gasteiger partial charge in [-0.2, -0.15) is 0 Å². The van der Waals surface area contributed by atoms with Crippen LogP contribution in [0.2, 0.25) is 0 Å². The van der Waals surface area contributed by atoms with Gasteiger partial charge in [-0.25, -0.2) is 4.98 Å². The third-order valence-electron chi connectivity index (χ3n) is 4.62. The molecule has 3 aromatic carbocycles. The van der Waals surface area contributed by atoms with Crippen molar-refractivity contribution in [2.75, 3.05) is 6.26 Å². The fourth-order valence-corrected chi connectivity index (χ4v) is 10.3. The van der Waals surface area contributed by atoms with E-state index in [0.29, 0.717) is 0 Å². The summed E-state index contributed by atoms with van der Waals surface area (Å²) in [6.07, 6.45) is 2.16. The first-order valence-corrected chi connectivity index (χ1v) is 12.7. The number of nitrogens with zero attached hydrogens (tertiary/aromatic N) is 1. The van der Waals surface area contributed by atoms with Gasteiger partial charge in [0.05, 0.1) is 5.01 Å². The third kappa shape index (κ3) is 3.65. The van der Waals surface area contributed by atoms with Crippen molar-refractivity contribution in [2.45, 2.75) is 11.1 Å². The fourth-order valence-electron chi connectivity index (χ4n) is 3.51. The molecule has 4 rings (SSSR count). The number of thiazole rings is 1. The smallest absolute Gasteiger partial charge is 0.223 e. The molecule has 5 heteroatoms. The number of hydrogen-bond donors (Lipinski definition) is 0. The number of thioether (sulfide) groups is 1. The maximum Gasteiger partial charge on any atom is 0.223 e. The number of benzene rings is 3. The van der Waals surface area contributed by atoms with Crippen LogP contribution in [0.25, 0.3) is 0 Å². The molecule has 0 spiro atoms. The summed E-state index contributed by atoms with van der Waals surface area (Å²) in [5, 5.41) is 5.18. The molecule has 0 aliphatic carbocycles. The highest BCUT2D eigenvalue weighted by Gasteiger charge is 2.51. The quantitative estimate of drug-likeness (QED) is 0.346. The summed E-state index contributed by atoms with van der Waals surface area (Å²) in [6.45, 7) is 2.11. The Morgan fingerprint density at radius 3 is 1.46 bits per heavy atom. The van der Waals surface area contributed by atoms with E-state index in [-0.39, 0.29) is 12.4 Å². The summed E-state index contributed by atoms with van der Waals surface area (Å²) in [5.74, 6) is 0. The van der Waals surface area contributed by atoms with E-state index < -0.39 is 7.26 Å². The van der Waals surface area contributed by atoms with Crippen molar-refractivity contribution in [3.8, 4) is 0 Å². The summed E-state index contributed by atoms with van der Waals surface area (Å²) < 4.78 is 1.32. The van der Waals surface area contributed by atoms with Crippen LogP contribution in [0.5, 0.6) is 0 Å². The molecule has 0 N–H and O–H groups in total. The highest BCUT2D eigenvalue weighted by Crippen LogP contribution is 2.56. The normalized spacial score (nSPS) is 11.1. The Hall–Kier alpha value is -1.64. The largest absolute Gasteiger partial charge is 1.00 e. The molecule has 0 saturated carbocycles. The monoisotopic (exact) mass is 441 g/mol. The molecule has 0 saturated heterocycles. The van der Waals surface area contributed by atoms with Crippen molar-refractivity contribution in [1.29, 1.82) is 0 Å². The van der Waals surface area contributed by atoms with Gasteiger partial charge in [-0.1, -0.05) is 54.6 Å². The van der Waals surface area contributed by atoms with E-state index in [1.807, 2.05) is 11.8 Å². The van der Waals surface area contributed by atoms with Crippen LogP contribution < -0.4 is 33.8 Å². The van der Waals surface area contributed by atoms with Crippen LogP contribution in [0, 0.1) is 6.92 Å². The van der Waals surface area contributed by atoms with Gasteiger partial charge in [-0.15, -0.1) is 23.1 Å². The van der Waals surface area contributed by atoms with Crippen molar-refractivity contribution in [3.05, 3.63) is 96.0 Å². The molecule has 0 radical (unpaired) electrons. The first-order valence-electron chi connectivity index (χ1n) is 8.84. The van der Waals surface area contributed by atoms with Crippen LogP contribution in [-0.2, 0) is 0 Å². The minimum atomic E-state index is -2.06. The van der Waals surface area contributed by atoms with Crippen molar-refractivity contribution >= 4 is 51.7 Å². The fraction of sp³-hybridized carbons (Fsp3) is 0.0870. The van der Waals surface area contributed by atoms with Gasteiger partial charge >= 0.3 is 0 Å². The van der Waals surface area contributed by atoms with Gasteiger partial charge in [0.25, 0.3) is 0 Å². The van der Waals surface area contributed by atoms with E-state index in [1.54, 1.807) is 11.3 Å². The Morgan fingerprint density at radius 1 is 0.714 bits per heavy atom. The maximum atomic E-state index is 5.13. The minimum Gasteiger partial charge on any atom is -1.00 e. The molecule has 0 aliphatic heterocycles. The van der Waals surface area contributed by atoms with Gasteiger partial charge in [0.1, 0.15) is 20.1 Å². The summed E-state index contributed by atoms with van der Waals surface area (Å²) in [5.41, 5.74) is 1.24. The zero-order chi connectivity index (χ0) is 18.7. The summed E-state index contributed by atoms with van der Waals surface area (Å²) >= 11 is 3.62. The van der Waals surface area contributed by atoms with Crippen LogP contribution in [-0.4, -0.2) is 11.2 Å². The number of hydrogen-bond acceptors (Lipinski definition) is 3. The molecule has 0 bridgehead atoms. The lowest BCUT2D eigenvalue weighted by atomic mass is 10.4. The van der Waals surface area contributed by atoms with Crippen molar-refractivity contribution < 1.29 is 12.4 Å². The Balaban J connectivity index is 0.00000225. The molecule has 0 unspecified atom stereocenters. The lowest BCUT2D eigenvalue weighted by Crippen LogP contribution is -3.00. The molecule has 0 atom stereocenters. The van der Waals surface area contributed by atoms with Gasteiger partial charge < -0.3 is 12.4 Å². The molecule has 1 nitrogen and oxygen atoms in total. The average Bonchev–Trinajstić information content (AvgIpc) is 3.12. The van der Waals surface area contributed by atoms with Crippen LogP contribution in [0.1, 0.15) is 5.01 Å². The summed E-state index contributed by atoms with van der Waals surface area (Å²) in [7, 11) is -2.06. The molecule has 28 heavy (non-hydrogen) atoms. The molecule has 4 aromatic rings. The van der Waals surface area contributed by atoms with Crippen LogP contribution >= 0.6 is 30.4 Å². The van der Waals surface area contributed by atoms with E-state index in [0.717, 1.165) is 5.01 Å². The van der Waals surface area contributed by atoms with Crippen molar-refractivity contribution in [1.82, 2.24) is 4.98 Å². The van der Waals surface area contributed by atoms with E-state index >= 15 is 0 Å². The average molecular weight is 442 g/mol. The Morgan fingerprint density at radius 2 is 1.11 bits per heavy atom. The van der Waals surface area contributed by atoms with Gasteiger partial charge in [0.15, 0.2) is 7.26 Å². The van der Waals surface area contributed by atoms with E-state index in [1.165, 1.54) is 25.6 Å². The second-order valence-electron chi connectivity index (χ2n) is 6.23.